The van der Waals surface area contributed by atoms with Gasteiger partial charge in [-0.05, 0) is 25.0 Å². The van der Waals surface area contributed by atoms with Crippen molar-refractivity contribution in [2.45, 2.75) is 37.5 Å². The van der Waals surface area contributed by atoms with Gasteiger partial charge in [0.2, 0.25) is 5.76 Å². The van der Waals surface area contributed by atoms with Crippen LogP contribution < -0.4 is 5.32 Å². The molecule has 13 heteroatoms. The molecule has 0 radical (unpaired) electrons. The van der Waals surface area contributed by atoms with Crippen LogP contribution in [0.2, 0.25) is 0 Å². The Labute approximate surface area is 193 Å². The topological polar surface area (TPSA) is 99.9 Å². The van der Waals surface area contributed by atoms with Gasteiger partial charge in [-0.15, -0.1) is 11.3 Å². The fraction of sp³-hybridized carbons (Fsp3) is 0.333. The fourth-order valence-electron chi connectivity index (χ4n) is 4.05. The summed E-state index contributed by atoms with van der Waals surface area (Å²) >= 11 is 1.15. The van der Waals surface area contributed by atoms with E-state index in [4.69, 9.17) is 4.42 Å². The van der Waals surface area contributed by atoms with E-state index in [1.165, 1.54) is 17.3 Å². The molecule has 8 nitrogen and oxygen atoms in total. The Morgan fingerprint density at radius 3 is 2.82 bits per heavy atom. The van der Waals surface area contributed by atoms with Gasteiger partial charge in [-0.1, -0.05) is 6.07 Å². The molecule has 1 fully saturated rings. The molecule has 176 valence electrons. The number of nitrogens with one attached hydrogen (secondary N) is 2. The van der Waals surface area contributed by atoms with Gasteiger partial charge in [-0.25, -0.2) is 14.4 Å². The molecular weight excluding hydrogens is 476 g/mol. The third-order valence-corrected chi connectivity index (χ3v) is 6.87. The SMILES string of the molecule is O=C(c1oc(NC2CC2)nc1C(F)(F)F)N1CCc2[nH]cnc2[C@H]1c1nc2c(F)cccc2s1. The number of aromatic nitrogens is 4. The number of hydrogen-bond acceptors (Lipinski definition) is 7. The molecule has 1 atom stereocenters. The van der Waals surface area contributed by atoms with Crippen molar-refractivity contribution < 1.29 is 26.8 Å². The summed E-state index contributed by atoms with van der Waals surface area (Å²) in [7, 11) is 0. The van der Waals surface area contributed by atoms with Crippen LogP contribution in [-0.4, -0.2) is 43.3 Å². The highest BCUT2D eigenvalue weighted by Crippen LogP contribution is 2.41. The summed E-state index contributed by atoms with van der Waals surface area (Å²) < 4.78 is 61.4. The lowest BCUT2D eigenvalue weighted by Crippen LogP contribution is -2.41. The summed E-state index contributed by atoms with van der Waals surface area (Å²) in [5.41, 5.74) is -0.0753. The Morgan fingerprint density at radius 1 is 1.26 bits per heavy atom. The second-order valence-electron chi connectivity index (χ2n) is 8.17. The van der Waals surface area contributed by atoms with E-state index in [0.717, 1.165) is 29.9 Å². The van der Waals surface area contributed by atoms with Gasteiger partial charge in [0.1, 0.15) is 22.4 Å². The van der Waals surface area contributed by atoms with E-state index in [-0.39, 0.29) is 24.1 Å². The predicted molar refractivity (Wildman–Crippen MR) is 113 cm³/mol. The zero-order chi connectivity index (χ0) is 23.6. The maximum atomic E-state index is 14.3. The first-order chi connectivity index (χ1) is 16.3. The van der Waals surface area contributed by atoms with Crippen LogP contribution >= 0.6 is 11.3 Å². The molecular formula is C21H16F4N6O2S. The normalized spacial score (nSPS) is 18.4. The molecule has 1 amide bonds. The van der Waals surface area contributed by atoms with Crippen molar-refractivity contribution in [3.05, 3.63) is 58.2 Å². The Bertz CT molecular complexity index is 1410. The van der Waals surface area contributed by atoms with Crippen molar-refractivity contribution in [1.82, 2.24) is 24.8 Å². The van der Waals surface area contributed by atoms with Crippen LogP contribution in [0.25, 0.3) is 10.2 Å². The van der Waals surface area contributed by atoms with Crippen molar-refractivity contribution in [3.8, 4) is 0 Å². The van der Waals surface area contributed by atoms with Gasteiger partial charge in [0.25, 0.3) is 11.9 Å². The maximum absolute atomic E-state index is 14.3. The average molecular weight is 492 g/mol. The van der Waals surface area contributed by atoms with Crippen LogP contribution in [0.15, 0.2) is 28.9 Å². The minimum Gasteiger partial charge on any atom is -0.418 e. The fourth-order valence-corrected chi connectivity index (χ4v) is 5.15. The summed E-state index contributed by atoms with van der Waals surface area (Å²) in [5.74, 6) is -2.41. The van der Waals surface area contributed by atoms with Gasteiger partial charge in [0.15, 0.2) is 5.69 Å². The highest BCUT2D eigenvalue weighted by Gasteiger charge is 2.45. The number of H-pyrrole nitrogens is 1. The monoisotopic (exact) mass is 492 g/mol. The number of aromatic amines is 1. The average Bonchev–Trinajstić information content (AvgIpc) is 3.19. The molecule has 1 aromatic carbocycles. The molecule has 4 aromatic rings. The standard InChI is InChI=1S/C21H16F4N6O2S/c22-10-2-1-3-12-13(10)29-18(34-12)15-14-11(26-8-27-14)6-7-31(15)19(32)16-17(21(23,24)25)30-20(33-16)28-9-4-5-9/h1-3,8-9,15H,4-7H2,(H,26,27)(H,28,30)/t15-/m0/s1. The third-order valence-electron chi connectivity index (χ3n) is 5.80. The second kappa shape index (κ2) is 7.52. The summed E-state index contributed by atoms with van der Waals surface area (Å²) in [5, 5.41) is 3.11. The van der Waals surface area contributed by atoms with E-state index >= 15 is 0 Å². The van der Waals surface area contributed by atoms with Gasteiger partial charge >= 0.3 is 6.18 Å². The lowest BCUT2D eigenvalue weighted by Gasteiger charge is -2.33. The second-order valence-corrected chi connectivity index (χ2v) is 9.23. The quantitative estimate of drug-likeness (QED) is 0.406. The number of fused-ring (bicyclic) bond motifs is 2. The highest BCUT2D eigenvalue weighted by atomic mass is 32.1. The highest BCUT2D eigenvalue weighted by molar-refractivity contribution is 7.18. The van der Waals surface area contributed by atoms with E-state index in [1.807, 2.05) is 0 Å². The number of para-hydroxylation sites is 1. The minimum absolute atomic E-state index is 0.0188. The molecule has 0 unspecified atom stereocenters. The van der Waals surface area contributed by atoms with Crippen LogP contribution in [0.1, 0.15) is 51.5 Å². The van der Waals surface area contributed by atoms with Gasteiger partial charge in [-0.3, -0.25) is 4.79 Å². The van der Waals surface area contributed by atoms with Crippen molar-refractivity contribution >= 4 is 33.5 Å². The molecule has 2 aliphatic rings. The van der Waals surface area contributed by atoms with E-state index in [9.17, 15) is 22.4 Å². The molecule has 2 N–H and O–H groups in total. The van der Waals surface area contributed by atoms with Gasteiger partial charge in [-0.2, -0.15) is 18.2 Å². The summed E-state index contributed by atoms with van der Waals surface area (Å²) in [4.78, 5) is 29.9. The molecule has 4 heterocycles. The van der Waals surface area contributed by atoms with Gasteiger partial charge in [0, 0.05) is 24.7 Å². The van der Waals surface area contributed by atoms with Crippen LogP contribution in [-0.2, 0) is 12.6 Å². The number of rotatable bonds is 4. The summed E-state index contributed by atoms with van der Waals surface area (Å²) in [6.07, 6.45) is -1.51. The first-order valence-electron chi connectivity index (χ1n) is 10.5. The summed E-state index contributed by atoms with van der Waals surface area (Å²) in [6, 6.07) is 3.23. The van der Waals surface area contributed by atoms with Crippen molar-refractivity contribution in [2.75, 3.05) is 11.9 Å². The van der Waals surface area contributed by atoms with Gasteiger partial charge in [0.05, 0.1) is 16.7 Å². The first kappa shape index (κ1) is 21.1. The minimum atomic E-state index is -4.89. The number of halogens is 4. The number of carbonyl (C=O) groups is 1. The van der Waals surface area contributed by atoms with Gasteiger partial charge < -0.3 is 19.6 Å². The van der Waals surface area contributed by atoms with E-state index in [2.05, 4.69) is 25.3 Å². The van der Waals surface area contributed by atoms with E-state index < -0.39 is 35.4 Å². The van der Waals surface area contributed by atoms with Crippen LogP contribution in [0.4, 0.5) is 23.6 Å². The Morgan fingerprint density at radius 2 is 2.09 bits per heavy atom. The lowest BCUT2D eigenvalue weighted by molar-refractivity contribution is -0.141. The number of anilines is 1. The Balaban J connectivity index is 1.44. The predicted octanol–water partition coefficient (Wildman–Crippen LogP) is 4.53. The van der Waals surface area contributed by atoms with E-state index in [0.29, 0.717) is 21.8 Å². The maximum Gasteiger partial charge on any atom is 0.437 e. The molecule has 1 aliphatic carbocycles. The first-order valence-corrected chi connectivity index (χ1v) is 11.3. The number of benzene rings is 1. The molecule has 0 spiro atoms. The molecule has 1 saturated carbocycles. The molecule has 34 heavy (non-hydrogen) atoms. The van der Waals surface area contributed by atoms with Crippen molar-refractivity contribution in [2.24, 2.45) is 0 Å². The number of imidazole rings is 1. The third kappa shape index (κ3) is 3.50. The molecule has 0 bridgehead atoms. The number of carbonyl (C=O) groups excluding carboxylic acids is 1. The number of hydrogen-bond donors (Lipinski definition) is 2. The molecule has 1 aliphatic heterocycles. The summed E-state index contributed by atoms with van der Waals surface area (Å²) in [6.45, 7) is 0.0838. The number of amides is 1. The Kier molecular flexibility index (Phi) is 4.66. The lowest BCUT2D eigenvalue weighted by atomic mass is 10.0. The van der Waals surface area contributed by atoms with Crippen LogP contribution in [0, 0.1) is 5.82 Å². The zero-order valence-electron chi connectivity index (χ0n) is 17.3. The van der Waals surface area contributed by atoms with Crippen LogP contribution in [0.3, 0.4) is 0 Å². The number of alkyl halides is 3. The van der Waals surface area contributed by atoms with Crippen molar-refractivity contribution in [1.29, 1.82) is 0 Å². The zero-order valence-corrected chi connectivity index (χ0v) is 18.1. The number of thiazole rings is 1. The number of oxazole rings is 1. The molecule has 0 saturated heterocycles. The largest absolute Gasteiger partial charge is 0.437 e. The smallest absolute Gasteiger partial charge is 0.418 e. The van der Waals surface area contributed by atoms with Crippen molar-refractivity contribution in [3.63, 3.8) is 0 Å². The Hall–Kier alpha value is -3.48. The molecule has 6 rings (SSSR count). The van der Waals surface area contributed by atoms with E-state index in [1.54, 1.807) is 12.1 Å². The molecule has 3 aromatic heterocycles. The van der Waals surface area contributed by atoms with Crippen LogP contribution in [0.5, 0.6) is 0 Å². The number of nitrogens with zero attached hydrogens (tertiary/aromatic N) is 4.